The van der Waals surface area contributed by atoms with Gasteiger partial charge in [0.1, 0.15) is 13.2 Å². The Bertz CT molecular complexity index is 1510. The summed E-state index contributed by atoms with van der Waals surface area (Å²) in [5.74, 6) is -0.976. The highest BCUT2D eigenvalue weighted by Gasteiger charge is 2.19. The third kappa shape index (κ3) is 54.4. The van der Waals surface area contributed by atoms with E-state index in [1.54, 1.807) is 0 Å². The second-order valence-corrected chi connectivity index (χ2v) is 17.8. The molecule has 0 aliphatic heterocycles. The fourth-order valence-electron chi connectivity index (χ4n) is 7.13. The summed E-state index contributed by atoms with van der Waals surface area (Å²) in [7, 11) is 0. The lowest BCUT2D eigenvalue weighted by Crippen LogP contribution is -2.30. The highest BCUT2D eigenvalue weighted by Crippen LogP contribution is 2.14. The average Bonchev–Trinajstić information content (AvgIpc) is 3.35. The zero-order valence-corrected chi connectivity index (χ0v) is 44.3. The number of unbranched alkanes of at least 4 members (excludes halogenated alkanes) is 19. The molecule has 388 valence electrons. The molecule has 0 fully saturated rings. The first-order chi connectivity index (χ1) is 34.0. The summed E-state index contributed by atoms with van der Waals surface area (Å²) in [6, 6.07) is 0. The number of carbonyl (C=O) groups is 3. The van der Waals surface area contributed by atoms with E-state index in [4.69, 9.17) is 14.2 Å². The van der Waals surface area contributed by atoms with Crippen molar-refractivity contribution >= 4 is 17.9 Å². The van der Waals surface area contributed by atoms with Crippen LogP contribution in [-0.4, -0.2) is 37.2 Å². The maximum absolute atomic E-state index is 12.9. The third-order valence-electron chi connectivity index (χ3n) is 11.2. The lowest BCUT2D eigenvalue weighted by atomic mass is 10.1. The monoisotopic (exact) mass is 953 g/mol. The van der Waals surface area contributed by atoms with Crippen LogP contribution in [0.4, 0.5) is 0 Å². The Labute approximate surface area is 424 Å². The zero-order valence-electron chi connectivity index (χ0n) is 44.3. The van der Waals surface area contributed by atoms with Crippen molar-refractivity contribution in [3.8, 4) is 0 Å². The summed E-state index contributed by atoms with van der Waals surface area (Å²) in [4.78, 5) is 38.1. The van der Waals surface area contributed by atoms with Crippen molar-refractivity contribution in [1.82, 2.24) is 0 Å². The van der Waals surface area contributed by atoms with Gasteiger partial charge < -0.3 is 14.2 Å². The zero-order chi connectivity index (χ0) is 50.0. The number of allylic oxidation sites excluding steroid dienone is 22. The van der Waals surface area contributed by atoms with Crippen molar-refractivity contribution in [1.29, 1.82) is 0 Å². The summed E-state index contributed by atoms with van der Waals surface area (Å²) in [5.41, 5.74) is 0. The number of rotatable bonds is 48. The van der Waals surface area contributed by atoms with Crippen LogP contribution in [0.25, 0.3) is 0 Å². The van der Waals surface area contributed by atoms with Crippen molar-refractivity contribution in [2.75, 3.05) is 13.2 Å². The largest absolute Gasteiger partial charge is 0.462 e. The minimum atomic E-state index is -0.812. The highest BCUT2D eigenvalue weighted by molar-refractivity contribution is 5.71. The molecule has 0 radical (unpaired) electrons. The third-order valence-corrected chi connectivity index (χ3v) is 11.2. The molecule has 1 unspecified atom stereocenters. The van der Waals surface area contributed by atoms with E-state index in [9.17, 15) is 14.4 Å². The summed E-state index contributed by atoms with van der Waals surface area (Å²) in [5, 5.41) is 0. The molecule has 0 saturated heterocycles. The molecule has 69 heavy (non-hydrogen) atoms. The molecule has 0 heterocycles. The van der Waals surface area contributed by atoms with Crippen LogP contribution >= 0.6 is 0 Å². The first-order valence-corrected chi connectivity index (χ1v) is 27.8. The second-order valence-electron chi connectivity index (χ2n) is 17.8. The number of esters is 3. The quantitative estimate of drug-likeness (QED) is 0.0199. The summed E-state index contributed by atoms with van der Waals surface area (Å²) >= 11 is 0. The van der Waals surface area contributed by atoms with Gasteiger partial charge in [-0.3, -0.25) is 14.4 Å². The Hall–Kier alpha value is -4.45. The van der Waals surface area contributed by atoms with Gasteiger partial charge in [0.05, 0.1) is 0 Å². The van der Waals surface area contributed by atoms with E-state index >= 15 is 0 Å². The molecule has 0 rings (SSSR count). The lowest BCUT2D eigenvalue weighted by molar-refractivity contribution is -0.167. The molecule has 0 amide bonds. The minimum absolute atomic E-state index is 0.107. The predicted molar refractivity (Wildman–Crippen MR) is 297 cm³/mol. The first kappa shape index (κ1) is 64.5. The van der Waals surface area contributed by atoms with E-state index in [2.05, 4.69) is 106 Å². The van der Waals surface area contributed by atoms with Gasteiger partial charge in [0.25, 0.3) is 0 Å². The summed E-state index contributed by atoms with van der Waals surface area (Å²) < 4.78 is 16.8. The van der Waals surface area contributed by atoms with Crippen LogP contribution in [0.3, 0.4) is 0 Å². The van der Waals surface area contributed by atoms with Crippen molar-refractivity contribution in [2.24, 2.45) is 0 Å². The molecule has 6 heteroatoms. The van der Waals surface area contributed by atoms with Crippen LogP contribution in [0.1, 0.15) is 226 Å². The predicted octanol–water partition coefficient (Wildman–Crippen LogP) is 18.6. The molecule has 0 bridgehead atoms. The van der Waals surface area contributed by atoms with Crippen LogP contribution in [0.5, 0.6) is 0 Å². The van der Waals surface area contributed by atoms with Crippen molar-refractivity contribution in [3.63, 3.8) is 0 Å². The molecule has 0 aromatic rings. The summed E-state index contributed by atoms with van der Waals surface area (Å²) in [6.45, 7) is 6.29. The Morgan fingerprint density at radius 1 is 0.319 bits per heavy atom. The van der Waals surface area contributed by atoms with Gasteiger partial charge in [0.15, 0.2) is 6.10 Å². The van der Waals surface area contributed by atoms with E-state index in [0.29, 0.717) is 19.3 Å². The van der Waals surface area contributed by atoms with Gasteiger partial charge in [-0.05, 0) is 109 Å². The normalized spacial score (nSPS) is 13.1. The van der Waals surface area contributed by atoms with Crippen molar-refractivity contribution in [3.05, 3.63) is 134 Å². The van der Waals surface area contributed by atoms with Gasteiger partial charge in [0.2, 0.25) is 0 Å². The van der Waals surface area contributed by atoms with E-state index in [-0.39, 0.29) is 31.1 Å². The second kappa shape index (κ2) is 56.1. The topological polar surface area (TPSA) is 78.9 Å². The molecular weight excluding hydrogens is 853 g/mol. The molecule has 0 aliphatic carbocycles. The van der Waals surface area contributed by atoms with Crippen LogP contribution in [0, 0.1) is 0 Å². The molecule has 0 aromatic carbocycles. The fourth-order valence-corrected chi connectivity index (χ4v) is 7.13. The van der Waals surface area contributed by atoms with Crippen LogP contribution in [0.2, 0.25) is 0 Å². The molecule has 0 saturated carbocycles. The molecule has 0 spiro atoms. The van der Waals surface area contributed by atoms with Gasteiger partial charge in [-0.2, -0.15) is 0 Å². The van der Waals surface area contributed by atoms with E-state index in [0.717, 1.165) is 122 Å². The smallest absolute Gasteiger partial charge is 0.306 e. The van der Waals surface area contributed by atoms with Crippen LogP contribution in [-0.2, 0) is 28.6 Å². The number of hydrogen-bond acceptors (Lipinski definition) is 6. The van der Waals surface area contributed by atoms with Crippen molar-refractivity contribution < 1.29 is 28.6 Å². The van der Waals surface area contributed by atoms with E-state index in [1.807, 2.05) is 48.6 Å². The molecule has 6 nitrogen and oxygen atoms in total. The molecule has 1 atom stereocenters. The fraction of sp³-hybridized carbons (Fsp3) is 0.603. The van der Waals surface area contributed by atoms with Gasteiger partial charge in [-0.25, -0.2) is 0 Å². The van der Waals surface area contributed by atoms with E-state index in [1.165, 1.54) is 64.2 Å². The first-order valence-electron chi connectivity index (χ1n) is 27.8. The average molecular weight is 953 g/mol. The lowest BCUT2D eigenvalue weighted by Gasteiger charge is -2.18. The SMILES string of the molecule is CC\C=C/C=C\C=C/C=C\C=C/CCCCCC(=O)OCC(COC(=O)CCCCCCCC/C=C\C/C=C\C/C=C\C/C=C\CC)OC(=O)CCCCCCCCC/C=C\C/C=C\CCCCC. The maximum atomic E-state index is 12.9. The van der Waals surface area contributed by atoms with Gasteiger partial charge in [0, 0.05) is 19.3 Å². The Kier molecular flexibility index (Phi) is 52.5. The van der Waals surface area contributed by atoms with Gasteiger partial charge in [-0.15, -0.1) is 0 Å². The van der Waals surface area contributed by atoms with Gasteiger partial charge >= 0.3 is 17.9 Å². The maximum Gasteiger partial charge on any atom is 0.306 e. The number of carbonyl (C=O) groups excluding carboxylic acids is 3. The minimum Gasteiger partial charge on any atom is -0.462 e. The summed E-state index contributed by atoms with van der Waals surface area (Å²) in [6.07, 6.45) is 78.6. The molecule has 0 aliphatic rings. The number of hydrogen-bond donors (Lipinski definition) is 0. The molecule has 0 N–H and O–H groups in total. The standard InChI is InChI=1S/C63H100O6/c1-4-7-10-13-16-19-22-25-28-30-31-33-35-38-41-44-47-50-53-56-62(65)68-59-60(58-67-61(64)55-52-49-46-43-40-37-34-27-24-21-18-15-12-9-6-3)69-63(66)57-54-51-48-45-42-39-36-32-29-26-23-20-17-14-11-8-5-2/h7,9-10,12,15-21,24-29,31,33-34,37,40,60H,4-6,8,11,13-14,22-23,30,32,35-36,38-39,41-59H2,1-3H3/b10-7-,12-9-,18-15-,19-16-,20-17-,24-21-,28-25-,29-26-,33-31-,34-27-,40-37-. The number of ether oxygens (including phenoxy) is 3. The Morgan fingerprint density at radius 2 is 0.638 bits per heavy atom. The van der Waals surface area contributed by atoms with E-state index < -0.39 is 6.10 Å². The van der Waals surface area contributed by atoms with Gasteiger partial charge in [-0.1, -0.05) is 231 Å². The van der Waals surface area contributed by atoms with Crippen molar-refractivity contribution in [2.45, 2.75) is 232 Å². The highest BCUT2D eigenvalue weighted by atomic mass is 16.6. The Morgan fingerprint density at radius 3 is 1.07 bits per heavy atom. The molecular formula is C63H100O6. The van der Waals surface area contributed by atoms with Crippen LogP contribution in [0.15, 0.2) is 134 Å². The Balaban J connectivity index is 4.51. The molecule has 0 aromatic heterocycles. The van der Waals surface area contributed by atoms with Crippen LogP contribution < -0.4 is 0 Å².